The quantitative estimate of drug-likeness (QED) is 0.827. The lowest BCUT2D eigenvalue weighted by Gasteiger charge is -2.31. The molecule has 1 aliphatic heterocycles. The molecule has 26 heavy (non-hydrogen) atoms. The average Bonchev–Trinajstić information content (AvgIpc) is 2.68. The second-order valence-electron chi connectivity index (χ2n) is 6.48. The van der Waals surface area contributed by atoms with Crippen molar-refractivity contribution in [1.82, 2.24) is 15.2 Å². The van der Waals surface area contributed by atoms with Gasteiger partial charge in [0.05, 0.1) is 24.9 Å². The van der Waals surface area contributed by atoms with Crippen LogP contribution in [-0.4, -0.2) is 41.5 Å². The molecule has 1 aromatic heterocycles. The number of halogens is 1. The van der Waals surface area contributed by atoms with E-state index in [-0.39, 0.29) is 24.4 Å². The van der Waals surface area contributed by atoms with E-state index >= 15 is 0 Å². The fourth-order valence-corrected chi connectivity index (χ4v) is 3.02. The normalized spacial score (nSPS) is 15.7. The van der Waals surface area contributed by atoms with Gasteiger partial charge in [0.25, 0.3) is 0 Å². The lowest BCUT2D eigenvalue weighted by Crippen LogP contribution is -2.43. The molecule has 0 spiro atoms. The van der Waals surface area contributed by atoms with E-state index in [1.807, 2.05) is 18.2 Å². The van der Waals surface area contributed by atoms with Gasteiger partial charge in [-0.1, -0.05) is 24.3 Å². The number of ether oxygens (including phenoxy) is 1. The van der Waals surface area contributed by atoms with Gasteiger partial charge in [-0.3, -0.25) is 14.7 Å². The molecule has 1 fully saturated rings. The molecule has 1 aromatic carbocycles. The fraction of sp³-hybridized carbons (Fsp3) is 0.400. The molecule has 5 nitrogen and oxygen atoms in total. The lowest BCUT2D eigenvalue weighted by molar-refractivity contribution is -0.123. The molecule has 0 saturated carbocycles. The summed E-state index contributed by atoms with van der Waals surface area (Å²) in [7, 11) is 0. The van der Waals surface area contributed by atoms with Crippen LogP contribution in [0.5, 0.6) is 0 Å². The number of amides is 1. The summed E-state index contributed by atoms with van der Waals surface area (Å²) in [6, 6.07) is 12.3. The summed E-state index contributed by atoms with van der Waals surface area (Å²) >= 11 is 0. The number of aromatic nitrogens is 1. The minimum Gasteiger partial charge on any atom is -0.372 e. The van der Waals surface area contributed by atoms with Gasteiger partial charge in [0.15, 0.2) is 0 Å². The maximum atomic E-state index is 13.6. The first kappa shape index (κ1) is 18.5. The number of likely N-dealkylation sites (tertiary alicyclic amines) is 1. The highest BCUT2D eigenvalue weighted by atomic mass is 19.1. The lowest BCUT2D eigenvalue weighted by atomic mass is 10.1. The largest absolute Gasteiger partial charge is 0.372 e. The third kappa shape index (κ3) is 5.61. The second kappa shape index (κ2) is 9.40. The van der Waals surface area contributed by atoms with Crippen molar-refractivity contribution in [2.24, 2.45) is 0 Å². The average molecular weight is 357 g/mol. The molecule has 1 amide bonds. The van der Waals surface area contributed by atoms with E-state index in [9.17, 15) is 9.18 Å². The van der Waals surface area contributed by atoms with E-state index in [0.29, 0.717) is 18.7 Å². The highest BCUT2D eigenvalue weighted by Gasteiger charge is 2.21. The van der Waals surface area contributed by atoms with Crippen molar-refractivity contribution in [1.29, 1.82) is 0 Å². The number of nitrogens with zero attached hydrogens (tertiary/aromatic N) is 2. The number of carbonyl (C=O) groups is 1. The van der Waals surface area contributed by atoms with Crippen molar-refractivity contribution in [2.75, 3.05) is 19.6 Å². The molecule has 138 valence electrons. The van der Waals surface area contributed by atoms with Crippen molar-refractivity contribution in [3.63, 3.8) is 0 Å². The van der Waals surface area contributed by atoms with Crippen molar-refractivity contribution >= 4 is 5.91 Å². The van der Waals surface area contributed by atoms with Crippen LogP contribution >= 0.6 is 0 Å². The Hall–Kier alpha value is -2.31. The molecule has 1 saturated heterocycles. The number of carbonyl (C=O) groups excluding carboxylic acids is 1. The highest BCUT2D eigenvalue weighted by Crippen LogP contribution is 2.15. The summed E-state index contributed by atoms with van der Waals surface area (Å²) in [4.78, 5) is 18.4. The zero-order chi connectivity index (χ0) is 18.2. The Kier molecular flexibility index (Phi) is 6.68. The number of benzene rings is 1. The molecule has 0 unspecified atom stereocenters. The topological polar surface area (TPSA) is 54.5 Å². The van der Waals surface area contributed by atoms with Crippen LogP contribution in [-0.2, 0) is 22.7 Å². The number of hydrogen-bond donors (Lipinski definition) is 1. The Balaban J connectivity index is 1.34. The van der Waals surface area contributed by atoms with Crippen LogP contribution in [0.1, 0.15) is 24.1 Å². The van der Waals surface area contributed by atoms with E-state index in [1.165, 1.54) is 6.07 Å². The minimum absolute atomic E-state index is 0.0823. The maximum absolute atomic E-state index is 13.6. The summed E-state index contributed by atoms with van der Waals surface area (Å²) in [6.45, 7) is 2.71. The SMILES string of the molecule is O=C(CN1CCC(OCc2ccccn2)CC1)NCc1ccccc1F. The van der Waals surface area contributed by atoms with Crippen LogP contribution in [0.2, 0.25) is 0 Å². The number of pyridine rings is 1. The van der Waals surface area contributed by atoms with Crippen LogP contribution in [0.15, 0.2) is 48.7 Å². The van der Waals surface area contributed by atoms with Crippen molar-refractivity contribution in [2.45, 2.75) is 32.1 Å². The third-order valence-corrected chi connectivity index (χ3v) is 4.53. The Labute approximate surface area is 153 Å². The number of nitrogens with one attached hydrogen (secondary N) is 1. The smallest absolute Gasteiger partial charge is 0.234 e. The Morgan fingerprint density at radius 1 is 1.19 bits per heavy atom. The van der Waals surface area contributed by atoms with Gasteiger partial charge in [-0.2, -0.15) is 0 Å². The van der Waals surface area contributed by atoms with Crippen LogP contribution in [0, 0.1) is 5.82 Å². The molecule has 2 aromatic rings. The van der Waals surface area contributed by atoms with Crippen molar-refractivity contribution in [3.05, 3.63) is 65.7 Å². The summed E-state index contributed by atoms with van der Waals surface area (Å²) in [5, 5.41) is 2.78. The fourth-order valence-electron chi connectivity index (χ4n) is 3.02. The zero-order valence-corrected chi connectivity index (χ0v) is 14.7. The molecule has 0 radical (unpaired) electrons. The molecule has 0 aliphatic carbocycles. The molecule has 1 N–H and O–H groups in total. The summed E-state index contributed by atoms with van der Waals surface area (Å²) < 4.78 is 19.5. The molecule has 1 aliphatic rings. The first-order valence-corrected chi connectivity index (χ1v) is 8.94. The first-order valence-electron chi connectivity index (χ1n) is 8.94. The van der Waals surface area contributed by atoms with Crippen molar-refractivity contribution < 1.29 is 13.9 Å². The number of rotatable bonds is 7. The minimum atomic E-state index is -0.293. The molecule has 3 rings (SSSR count). The third-order valence-electron chi connectivity index (χ3n) is 4.53. The van der Waals surface area contributed by atoms with Gasteiger partial charge in [-0.15, -0.1) is 0 Å². The second-order valence-corrected chi connectivity index (χ2v) is 6.48. The Bertz CT molecular complexity index is 703. The molecule has 0 bridgehead atoms. The molecule has 2 heterocycles. The maximum Gasteiger partial charge on any atom is 0.234 e. The molecule has 6 heteroatoms. The van der Waals surface area contributed by atoms with Gasteiger partial charge in [0.2, 0.25) is 5.91 Å². The molecular formula is C20H24FN3O2. The van der Waals surface area contributed by atoms with Crippen LogP contribution in [0.25, 0.3) is 0 Å². The number of piperidine rings is 1. The highest BCUT2D eigenvalue weighted by molar-refractivity contribution is 5.78. The Morgan fingerprint density at radius 3 is 2.69 bits per heavy atom. The molecule has 0 atom stereocenters. The van der Waals surface area contributed by atoms with Crippen LogP contribution in [0.3, 0.4) is 0 Å². The van der Waals surface area contributed by atoms with Crippen LogP contribution < -0.4 is 5.32 Å². The predicted molar refractivity (Wildman–Crippen MR) is 96.7 cm³/mol. The van der Waals surface area contributed by atoms with Gasteiger partial charge >= 0.3 is 0 Å². The van der Waals surface area contributed by atoms with E-state index in [2.05, 4.69) is 15.2 Å². The predicted octanol–water partition coefficient (Wildman–Crippen LogP) is 2.52. The van der Waals surface area contributed by atoms with Gasteiger partial charge in [-0.05, 0) is 31.0 Å². The van der Waals surface area contributed by atoms with E-state index in [0.717, 1.165) is 31.6 Å². The Morgan fingerprint density at radius 2 is 1.96 bits per heavy atom. The van der Waals surface area contributed by atoms with E-state index in [4.69, 9.17) is 4.74 Å². The first-order chi connectivity index (χ1) is 12.7. The number of hydrogen-bond acceptors (Lipinski definition) is 4. The summed E-state index contributed by atoms with van der Waals surface area (Å²) in [5.74, 6) is -0.375. The van der Waals surface area contributed by atoms with Gasteiger partial charge in [-0.25, -0.2) is 4.39 Å². The van der Waals surface area contributed by atoms with E-state index < -0.39 is 0 Å². The zero-order valence-electron chi connectivity index (χ0n) is 14.7. The standard InChI is InChI=1S/C20H24FN3O2/c21-19-7-2-1-5-16(19)13-23-20(25)14-24-11-8-18(9-12-24)26-15-17-6-3-4-10-22-17/h1-7,10,18H,8-9,11-15H2,(H,23,25). The van der Waals surface area contributed by atoms with Gasteiger partial charge in [0, 0.05) is 31.4 Å². The van der Waals surface area contributed by atoms with E-state index in [1.54, 1.807) is 24.4 Å². The van der Waals surface area contributed by atoms with Crippen molar-refractivity contribution in [3.8, 4) is 0 Å². The summed E-state index contributed by atoms with van der Waals surface area (Å²) in [6.07, 6.45) is 3.76. The summed E-state index contributed by atoms with van der Waals surface area (Å²) in [5.41, 5.74) is 1.44. The molecular weight excluding hydrogens is 333 g/mol. The monoisotopic (exact) mass is 357 g/mol. The van der Waals surface area contributed by atoms with Crippen LogP contribution in [0.4, 0.5) is 4.39 Å². The van der Waals surface area contributed by atoms with Gasteiger partial charge < -0.3 is 10.1 Å². The van der Waals surface area contributed by atoms with Gasteiger partial charge in [0.1, 0.15) is 5.82 Å².